The summed E-state index contributed by atoms with van der Waals surface area (Å²) in [5.41, 5.74) is 15.7. The van der Waals surface area contributed by atoms with Gasteiger partial charge in [0, 0.05) is 69.6 Å². The van der Waals surface area contributed by atoms with Gasteiger partial charge in [-0.1, -0.05) is 50.0 Å². The molecule has 1 aliphatic heterocycles. The van der Waals surface area contributed by atoms with Crippen LogP contribution in [0.5, 0.6) is 0 Å². The third-order valence-corrected chi connectivity index (χ3v) is 8.21. The van der Waals surface area contributed by atoms with Crippen LogP contribution in [-0.4, -0.2) is 73.4 Å². The molecule has 3 aromatic heterocycles. The molecule has 13 heteroatoms. The highest BCUT2D eigenvalue weighted by Crippen LogP contribution is 2.30. The highest BCUT2D eigenvalue weighted by Gasteiger charge is 2.34. The average molecular weight is 659 g/mol. The molecule has 4 N–H and O–H groups in total. The fourth-order valence-corrected chi connectivity index (χ4v) is 5.60. The van der Waals surface area contributed by atoms with Crippen LogP contribution in [0.4, 0.5) is 17.2 Å². The highest BCUT2D eigenvalue weighted by molar-refractivity contribution is 6.03. The minimum atomic E-state index is -0.619. The zero-order valence-electron chi connectivity index (χ0n) is 27.9. The number of aldehydes is 1. The second-order valence-corrected chi connectivity index (χ2v) is 11.3. The first-order valence-corrected chi connectivity index (χ1v) is 15.8. The molecule has 5 aromatic rings. The Morgan fingerprint density at radius 2 is 1.78 bits per heavy atom. The zero-order chi connectivity index (χ0) is 35.1. The molecule has 0 atom stereocenters. The number of amides is 2. The summed E-state index contributed by atoms with van der Waals surface area (Å²) in [6.45, 7) is 5.28. The third kappa shape index (κ3) is 7.33. The summed E-state index contributed by atoms with van der Waals surface area (Å²) in [6.07, 6.45) is 6.98. The van der Waals surface area contributed by atoms with Gasteiger partial charge in [-0.25, -0.2) is 14.5 Å². The van der Waals surface area contributed by atoms with Crippen molar-refractivity contribution in [3.8, 4) is 11.8 Å². The number of aryl methyl sites for hydroxylation is 1. The molecule has 2 aromatic carbocycles. The van der Waals surface area contributed by atoms with E-state index in [9.17, 15) is 14.4 Å². The number of benzene rings is 2. The van der Waals surface area contributed by atoms with Crippen molar-refractivity contribution in [2.75, 3.05) is 30.8 Å². The number of likely N-dealkylation sites (tertiary alicyclic amines) is 1. The summed E-state index contributed by atoms with van der Waals surface area (Å²) >= 11 is 0. The summed E-state index contributed by atoms with van der Waals surface area (Å²) < 4.78 is 3.24. The maximum Gasteiger partial charge on any atom is 0.256 e. The van der Waals surface area contributed by atoms with Gasteiger partial charge in [0.25, 0.3) is 5.91 Å². The van der Waals surface area contributed by atoms with E-state index in [1.807, 2.05) is 91.0 Å². The molecule has 1 saturated heterocycles. The van der Waals surface area contributed by atoms with Gasteiger partial charge in [-0.2, -0.15) is 5.10 Å². The molecular weight excluding hydrogens is 620 g/mol. The van der Waals surface area contributed by atoms with E-state index in [0.717, 1.165) is 29.1 Å². The molecule has 250 valence electrons. The molecular formula is C36H38N10O3. The quantitative estimate of drug-likeness (QED) is 0.115. The SMILES string of the molecule is CCC(=O)N1CC(c2c(C#Cc3cccc(N=C(CC)N(C)c4ccccc4)c3C=O)cnn2C)C1.NC(=O)c1c(N)nn2cccnc12. The maximum absolute atomic E-state index is 12.1. The van der Waals surface area contributed by atoms with Crippen molar-refractivity contribution < 1.29 is 14.4 Å². The Morgan fingerprint density at radius 3 is 2.45 bits per heavy atom. The predicted octanol–water partition coefficient (Wildman–Crippen LogP) is 3.96. The van der Waals surface area contributed by atoms with Crippen LogP contribution in [0.3, 0.4) is 0 Å². The Hall–Kier alpha value is -6.29. The summed E-state index contributed by atoms with van der Waals surface area (Å²) in [5.74, 6) is 7.10. The minimum Gasteiger partial charge on any atom is -0.381 e. The summed E-state index contributed by atoms with van der Waals surface area (Å²) in [5, 5.41) is 8.26. The first-order chi connectivity index (χ1) is 23.7. The lowest BCUT2D eigenvalue weighted by atomic mass is 9.93. The zero-order valence-corrected chi connectivity index (χ0v) is 27.9. The van der Waals surface area contributed by atoms with Crippen molar-refractivity contribution in [2.24, 2.45) is 17.8 Å². The van der Waals surface area contributed by atoms with Crippen LogP contribution in [0.25, 0.3) is 5.65 Å². The Balaban J connectivity index is 0.000000299. The molecule has 4 heterocycles. The lowest BCUT2D eigenvalue weighted by Crippen LogP contribution is -2.49. The molecule has 13 nitrogen and oxygen atoms in total. The van der Waals surface area contributed by atoms with Gasteiger partial charge in [0.05, 0.1) is 28.7 Å². The fraction of sp³-hybridized carbons (Fsp3) is 0.250. The lowest BCUT2D eigenvalue weighted by molar-refractivity contribution is -0.135. The van der Waals surface area contributed by atoms with Crippen molar-refractivity contribution in [3.05, 3.63) is 101 Å². The van der Waals surface area contributed by atoms with E-state index in [2.05, 4.69) is 27.0 Å². The number of primary amides is 1. The number of hydrogen-bond donors (Lipinski definition) is 2. The molecule has 0 bridgehead atoms. The van der Waals surface area contributed by atoms with Crippen molar-refractivity contribution in [1.29, 1.82) is 0 Å². The number of aliphatic imine (C=N–C) groups is 1. The van der Waals surface area contributed by atoms with E-state index in [1.54, 1.807) is 24.7 Å². The molecule has 0 radical (unpaired) electrons. The summed E-state index contributed by atoms with van der Waals surface area (Å²) in [4.78, 5) is 47.7. The Morgan fingerprint density at radius 1 is 1.04 bits per heavy atom. The largest absolute Gasteiger partial charge is 0.381 e. The third-order valence-electron chi connectivity index (χ3n) is 8.21. The molecule has 1 fully saturated rings. The van der Waals surface area contributed by atoms with E-state index < -0.39 is 5.91 Å². The van der Waals surface area contributed by atoms with Crippen LogP contribution in [0.15, 0.2) is 78.2 Å². The van der Waals surface area contributed by atoms with E-state index >= 15 is 0 Å². The van der Waals surface area contributed by atoms with Crippen molar-refractivity contribution in [3.63, 3.8) is 0 Å². The van der Waals surface area contributed by atoms with E-state index in [0.29, 0.717) is 48.4 Å². The molecule has 6 rings (SSSR count). The average Bonchev–Trinajstić information content (AvgIpc) is 3.63. The molecule has 0 saturated carbocycles. The number of aromatic nitrogens is 5. The predicted molar refractivity (Wildman–Crippen MR) is 189 cm³/mol. The molecule has 0 spiro atoms. The monoisotopic (exact) mass is 658 g/mol. The Bertz CT molecular complexity index is 2080. The van der Waals surface area contributed by atoms with Gasteiger partial charge in [-0.3, -0.25) is 19.1 Å². The number of nitrogens with two attached hydrogens (primary N) is 2. The summed E-state index contributed by atoms with van der Waals surface area (Å²) in [6, 6.07) is 17.2. The van der Waals surface area contributed by atoms with Gasteiger partial charge in [0.1, 0.15) is 11.4 Å². The number of rotatable bonds is 7. The lowest BCUT2D eigenvalue weighted by Gasteiger charge is -2.39. The van der Waals surface area contributed by atoms with Gasteiger partial charge in [0.15, 0.2) is 17.8 Å². The number of anilines is 2. The fourth-order valence-electron chi connectivity index (χ4n) is 5.60. The van der Waals surface area contributed by atoms with Crippen molar-refractivity contribution >= 4 is 46.8 Å². The van der Waals surface area contributed by atoms with Crippen LogP contribution in [-0.2, 0) is 11.8 Å². The smallest absolute Gasteiger partial charge is 0.256 e. The van der Waals surface area contributed by atoms with Gasteiger partial charge in [0.2, 0.25) is 5.91 Å². The van der Waals surface area contributed by atoms with Crippen molar-refractivity contribution in [1.82, 2.24) is 29.3 Å². The number of carbonyl (C=O) groups excluding carboxylic acids is 3. The van der Waals surface area contributed by atoms with Gasteiger partial charge in [-0.05, 0) is 30.3 Å². The van der Waals surface area contributed by atoms with Crippen molar-refractivity contribution in [2.45, 2.75) is 32.6 Å². The standard InChI is InChI=1S/C29H31N5O2.C7H7N5O/c1-5-27(32(3)24-12-8-7-9-13-24)31-26-14-10-11-21(25(26)20-35)15-16-22-17-30-33(4)29(22)23-18-34(19-23)28(36)6-2;8-5-4(6(9)13)7-10-2-1-3-12(7)11-5/h7-14,17,20,23H,5-6,18-19H2,1-4H3;1-3H,(H2,8,11)(H2,9,13). The Labute approximate surface area is 284 Å². The number of fused-ring (bicyclic) bond motifs is 1. The first kappa shape index (κ1) is 34.1. The number of nitrogens with zero attached hydrogens (tertiary/aromatic N) is 8. The maximum atomic E-state index is 12.1. The number of carbonyl (C=O) groups is 3. The van der Waals surface area contributed by atoms with Crippen LogP contribution in [0.1, 0.15) is 70.1 Å². The normalized spacial score (nSPS) is 12.7. The minimum absolute atomic E-state index is 0.103. The number of para-hydroxylation sites is 1. The highest BCUT2D eigenvalue weighted by atomic mass is 16.2. The van der Waals surface area contributed by atoms with Crippen LogP contribution >= 0.6 is 0 Å². The van der Waals surface area contributed by atoms with Crippen LogP contribution in [0, 0.1) is 11.8 Å². The van der Waals surface area contributed by atoms with E-state index in [-0.39, 0.29) is 23.2 Å². The first-order valence-electron chi connectivity index (χ1n) is 15.8. The van der Waals surface area contributed by atoms with Crippen LogP contribution < -0.4 is 16.4 Å². The Kier molecular flexibility index (Phi) is 10.5. The molecule has 1 aliphatic rings. The van der Waals surface area contributed by atoms with Gasteiger partial charge >= 0.3 is 0 Å². The topological polar surface area (TPSA) is 170 Å². The van der Waals surface area contributed by atoms with E-state index in [1.165, 1.54) is 4.52 Å². The molecule has 0 aliphatic carbocycles. The van der Waals surface area contributed by atoms with E-state index in [4.69, 9.17) is 16.5 Å². The van der Waals surface area contributed by atoms with Crippen LogP contribution in [0.2, 0.25) is 0 Å². The molecule has 2 amide bonds. The molecule has 49 heavy (non-hydrogen) atoms. The second-order valence-electron chi connectivity index (χ2n) is 11.3. The second kappa shape index (κ2) is 15.1. The number of hydrogen-bond acceptors (Lipinski definition) is 8. The van der Waals surface area contributed by atoms with Gasteiger partial charge in [-0.15, -0.1) is 5.10 Å². The number of amidine groups is 1. The van der Waals surface area contributed by atoms with Gasteiger partial charge < -0.3 is 21.3 Å². The number of nitrogen functional groups attached to an aromatic ring is 1. The summed E-state index contributed by atoms with van der Waals surface area (Å²) in [7, 11) is 3.87. The molecule has 0 unspecified atom stereocenters.